The molecule has 0 atom stereocenters. The number of rotatable bonds is 3. The van der Waals surface area contributed by atoms with E-state index in [0.29, 0.717) is 5.78 Å². The van der Waals surface area contributed by atoms with Gasteiger partial charge in [-0.1, -0.05) is 19.3 Å². The van der Waals surface area contributed by atoms with Gasteiger partial charge in [-0.2, -0.15) is 0 Å². The van der Waals surface area contributed by atoms with Crippen LogP contribution in [0.5, 0.6) is 0 Å². The predicted octanol–water partition coefficient (Wildman–Crippen LogP) is 2.62. The molecule has 15 heavy (non-hydrogen) atoms. The topological polar surface area (TPSA) is 20.3 Å². The minimum atomic E-state index is 0.0390. The highest BCUT2D eigenvalue weighted by atomic mass is 16.1. The van der Waals surface area contributed by atoms with Gasteiger partial charge in [-0.3, -0.25) is 4.79 Å². The lowest BCUT2D eigenvalue weighted by molar-refractivity contribution is -0.127. The first-order chi connectivity index (χ1) is 7.23. The first-order valence-corrected chi connectivity index (χ1v) is 6.46. The Morgan fingerprint density at radius 1 is 1.07 bits per heavy atom. The molecule has 2 heteroatoms. The Hall–Kier alpha value is -0.370. The molecule has 1 saturated carbocycles. The van der Waals surface area contributed by atoms with Crippen LogP contribution in [0.15, 0.2) is 0 Å². The number of carbonyl (C=O) groups is 1. The Balaban J connectivity index is 1.96. The van der Waals surface area contributed by atoms with Gasteiger partial charge in [-0.15, -0.1) is 0 Å². The highest BCUT2D eigenvalue weighted by Gasteiger charge is 2.39. The van der Waals surface area contributed by atoms with Crippen molar-refractivity contribution in [3.8, 4) is 0 Å². The molecule has 1 aliphatic heterocycles. The van der Waals surface area contributed by atoms with Gasteiger partial charge in [0.2, 0.25) is 0 Å². The van der Waals surface area contributed by atoms with Crippen LogP contribution in [0.25, 0.3) is 0 Å². The molecular formula is C13H23NO. The van der Waals surface area contributed by atoms with Gasteiger partial charge in [-0.05, 0) is 45.7 Å². The van der Waals surface area contributed by atoms with Gasteiger partial charge < -0.3 is 4.90 Å². The fourth-order valence-electron chi connectivity index (χ4n) is 3.22. The molecule has 86 valence electrons. The average Bonchev–Trinajstić information content (AvgIpc) is 2.69. The Kier molecular flexibility index (Phi) is 3.45. The number of piperidine rings is 1. The van der Waals surface area contributed by atoms with E-state index in [2.05, 4.69) is 4.90 Å². The van der Waals surface area contributed by atoms with Crippen molar-refractivity contribution >= 4 is 5.78 Å². The molecule has 0 aromatic rings. The first-order valence-electron chi connectivity index (χ1n) is 6.46. The number of hydrogen-bond donors (Lipinski definition) is 0. The molecule has 0 amide bonds. The maximum Gasteiger partial charge on any atom is 0.137 e. The largest absolute Gasteiger partial charge is 0.302 e. The Morgan fingerprint density at radius 2 is 1.67 bits per heavy atom. The highest BCUT2D eigenvalue weighted by molar-refractivity contribution is 5.82. The smallest absolute Gasteiger partial charge is 0.137 e. The number of ketones is 1. The van der Waals surface area contributed by atoms with Crippen LogP contribution >= 0.6 is 0 Å². The fraction of sp³-hybridized carbons (Fsp3) is 0.923. The maximum atomic E-state index is 11.8. The number of carbonyl (C=O) groups excluding carboxylic acids is 1. The first kappa shape index (κ1) is 11.1. The Labute approximate surface area is 93.0 Å². The summed E-state index contributed by atoms with van der Waals surface area (Å²) in [5.74, 6) is 0.436. The SMILES string of the molecule is CC(=O)C1(CN2CCCCC2)CCCC1. The summed E-state index contributed by atoms with van der Waals surface area (Å²) in [5, 5.41) is 0. The minimum Gasteiger partial charge on any atom is -0.302 e. The molecule has 1 heterocycles. The van der Waals surface area contributed by atoms with Gasteiger partial charge >= 0.3 is 0 Å². The van der Waals surface area contributed by atoms with Crippen molar-refractivity contribution in [2.45, 2.75) is 51.9 Å². The lowest BCUT2D eigenvalue weighted by Crippen LogP contribution is -2.42. The molecule has 0 spiro atoms. The second kappa shape index (κ2) is 4.65. The van der Waals surface area contributed by atoms with Gasteiger partial charge in [0.25, 0.3) is 0 Å². The summed E-state index contributed by atoms with van der Waals surface area (Å²) >= 11 is 0. The summed E-state index contributed by atoms with van der Waals surface area (Å²) in [6.07, 6.45) is 8.82. The van der Waals surface area contributed by atoms with Crippen LogP contribution in [0.1, 0.15) is 51.9 Å². The Morgan fingerprint density at radius 3 is 2.20 bits per heavy atom. The third-order valence-corrected chi connectivity index (χ3v) is 4.28. The zero-order chi connectivity index (χ0) is 10.7. The number of Topliss-reactive ketones (excluding diaryl/α,β-unsaturated/α-hetero) is 1. The molecule has 0 aromatic heterocycles. The van der Waals surface area contributed by atoms with Crippen molar-refractivity contribution in [1.82, 2.24) is 4.90 Å². The summed E-state index contributed by atoms with van der Waals surface area (Å²) in [6, 6.07) is 0. The van der Waals surface area contributed by atoms with Crippen LogP contribution < -0.4 is 0 Å². The quantitative estimate of drug-likeness (QED) is 0.712. The summed E-state index contributed by atoms with van der Waals surface area (Å²) in [6.45, 7) is 5.28. The molecule has 2 aliphatic rings. The van der Waals surface area contributed by atoms with Crippen LogP contribution in [-0.4, -0.2) is 30.3 Å². The second-order valence-electron chi connectivity index (χ2n) is 5.38. The molecule has 0 radical (unpaired) electrons. The number of nitrogens with zero attached hydrogens (tertiary/aromatic N) is 1. The number of hydrogen-bond acceptors (Lipinski definition) is 2. The lowest BCUT2D eigenvalue weighted by Gasteiger charge is -2.35. The molecule has 2 rings (SSSR count). The molecule has 1 saturated heterocycles. The van der Waals surface area contributed by atoms with Gasteiger partial charge in [0, 0.05) is 12.0 Å². The predicted molar refractivity (Wildman–Crippen MR) is 61.9 cm³/mol. The van der Waals surface area contributed by atoms with E-state index in [9.17, 15) is 4.79 Å². The standard InChI is InChI=1S/C13H23NO/c1-12(15)13(7-3-4-8-13)11-14-9-5-2-6-10-14/h2-11H2,1H3. The Bertz CT molecular complexity index is 225. The van der Waals surface area contributed by atoms with Crippen molar-refractivity contribution in [1.29, 1.82) is 0 Å². The monoisotopic (exact) mass is 209 g/mol. The van der Waals surface area contributed by atoms with E-state index >= 15 is 0 Å². The van der Waals surface area contributed by atoms with E-state index in [1.54, 1.807) is 6.92 Å². The van der Waals surface area contributed by atoms with Crippen LogP contribution in [0.2, 0.25) is 0 Å². The molecule has 2 nitrogen and oxygen atoms in total. The van der Waals surface area contributed by atoms with Crippen molar-refractivity contribution < 1.29 is 4.79 Å². The van der Waals surface area contributed by atoms with Crippen LogP contribution in [-0.2, 0) is 4.79 Å². The highest BCUT2D eigenvalue weighted by Crippen LogP contribution is 2.40. The molecule has 1 aliphatic carbocycles. The maximum absolute atomic E-state index is 11.8. The molecule has 0 aromatic carbocycles. The second-order valence-corrected chi connectivity index (χ2v) is 5.38. The zero-order valence-corrected chi connectivity index (χ0v) is 9.93. The van der Waals surface area contributed by atoms with Crippen molar-refractivity contribution in [3.05, 3.63) is 0 Å². The lowest BCUT2D eigenvalue weighted by atomic mass is 9.81. The van der Waals surface area contributed by atoms with E-state index in [0.717, 1.165) is 19.4 Å². The normalized spacial score (nSPS) is 26.7. The van der Waals surface area contributed by atoms with Crippen molar-refractivity contribution in [3.63, 3.8) is 0 Å². The molecule has 0 N–H and O–H groups in total. The molecule has 2 fully saturated rings. The number of likely N-dealkylation sites (tertiary alicyclic amines) is 1. The third-order valence-electron chi connectivity index (χ3n) is 4.28. The van der Waals surface area contributed by atoms with E-state index in [1.165, 1.54) is 45.2 Å². The summed E-state index contributed by atoms with van der Waals surface area (Å²) in [5.41, 5.74) is 0.0390. The average molecular weight is 209 g/mol. The van der Waals surface area contributed by atoms with E-state index in [-0.39, 0.29) is 5.41 Å². The molecule has 0 unspecified atom stereocenters. The van der Waals surface area contributed by atoms with Crippen LogP contribution in [0, 0.1) is 5.41 Å². The fourth-order valence-corrected chi connectivity index (χ4v) is 3.22. The zero-order valence-electron chi connectivity index (χ0n) is 9.93. The third kappa shape index (κ3) is 2.41. The van der Waals surface area contributed by atoms with Gasteiger partial charge in [0.05, 0.1) is 0 Å². The molecule has 0 bridgehead atoms. The van der Waals surface area contributed by atoms with Gasteiger partial charge in [0.1, 0.15) is 5.78 Å². The molecular weight excluding hydrogens is 186 g/mol. The summed E-state index contributed by atoms with van der Waals surface area (Å²) in [4.78, 5) is 14.3. The van der Waals surface area contributed by atoms with Crippen molar-refractivity contribution in [2.75, 3.05) is 19.6 Å². The van der Waals surface area contributed by atoms with Gasteiger partial charge in [-0.25, -0.2) is 0 Å². The van der Waals surface area contributed by atoms with Crippen molar-refractivity contribution in [2.24, 2.45) is 5.41 Å². The van der Waals surface area contributed by atoms with Gasteiger partial charge in [0.15, 0.2) is 0 Å². The van der Waals surface area contributed by atoms with Crippen LogP contribution in [0.4, 0.5) is 0 Å². The van der Waals surface area contributed by atoms with Crippen LogP contribution in [0.3, 0.4) is 0 Å². The minimum absolute atomic E-state index is 0.0390. The summed E-state index contributed by atoms with van der Waals surface area (Å²) < 4.78 is 0. The van der Waals surface area contributed by atoms with E-state index in [1.807, 2.05) is 0 Å². The van der Waals surface area contributed by atoms with E-state index in [4.69, 9.17) is 0 Å². The van der Waals surface area contributed by atoms with E-state index < -0.39 is 0 Å². The summed E-state index contributed by atoms with van der Waals surface area (Å²) in [7, 11) is 0.